The molecule has 2 unspecified atom stereocenters. The van der Waals surface area contributed by atoms with Crippen molar-refractivity contribution in [2.24, 2.45) is 0 Å². The topological polar surface area (TPSA) is 108 Å². The van der Waals surface area contributed by atoms with Crippen molar-refractivity contribution in [3.63, 3.8) is 0 Å². The lowest BCUT2D eigenvalue weighted by molar-refractivity contribution is -0.0586. The number of ether oxygens (including phenoxy) is 1. The molecule has 1 heterocycles. The predicted octanol–water partition coefficient (Wildman–Crippen LogP) is 5.57. The van der Waals surface area contributed by atoms with Gasteiger partial charge in [-0.2, -0.15) is 5.26 Å². The minimum atomic E-state index is -4.15. The number of rotatable bonds is 4. The number of aromatic hydroxyl groups is 1. The largest absolute Gasteiger partial charge is 0.507 e. The van der Waals surface area contributed by atoms with Gasteiger partial charge in [0.1, 0.15) is 16.7 Å². The molecule has 0 bridgehead atoms. The highest BCUT2D eigenvalue weighted by molar-refractivity contribution is 7.95. The van der Waals surface area contributed by atoms with Crippen LogP contribution in [0.2, 0.25) is 0 Å². The van der Waals surface area contributed by atoms with Gasteiger partial charge in [-0.05, 0) is 72.7 Å². The minimum Gasteiger partial charge on any atom is -0.507 e. The van der Waals surface area contributed by atoms with E-state index in [4.69, 9.17) is 4.74 Å². The third kappa shape index (κ3) is 6.28. The summed E-state index contributed by atoms with van der Waals surface area (Å²) in [5.41, 5.74) is 1.41. The molecule has 0 spiro atoms. The number of morpholine rings is 1. The summed E-state index contributed by atoms with van der Waals surface area (Å²) in [4.78, 5) is 14.2. The summed E-state index contributed by atoms with van der Waals surface area (Å²) in [7, 11) is -4.15. The van der Waals surface area contributed by atoms with Gasteiger partial charge in [0.2, 0.25) is 9.84 Å². The van der Waals surface area contributed by atoms with Crippen LogP contribution in [0.25, 0.3) is 6.08 Å². The lowest BCUT2D eigenvalue weighted by atomic mass is 9.78. The van der Waals surface area contributed by atoms with Crippen LogP contribution in [0.3, 0.4) is 0 Å². The van der Waals surface area contributed by atoms with Gasteiger partial charge in [0, 0.05) is 29.8 Å². The molecule has 0 aromatic heterocycles. The van der Waals surface area contributed by atoms with E-state index in [2.05, 4.69) is 0 Å². The quantitative estimate of drug-likeness (QED) is 0.510. The number of hydrogen-bond acceptors (Lipinski definition) is 6. The molecule has 2 atom stereocenters. The van der Waals surface area contributed by atoms with E-state index >= 15 is 0 Å². The van der Waals surface area contributed by atoms with Gasteiger partial charge in [-0.1, -0.05) is 41.5 Å². The van der Waals surface area contributed by atoms with Gasteiger partial charge in [-0.15, -0.1) is 0 Å². The van der Waals surface area contributed by atoms with Crippen LogP contribution in [0, 0.1) is 11.3 Å². The number of carbonyl (C=O) groups excluding carboxylic acids is 1. The molecule has 1 aliphatic heterocycles. The second kappa shape index (κ2) is 10.5. The normalized spacial score (nSPS) is 19.2. The lowest BCUT2D eigenvalue weighted by Gasteiger charge is -2.35. The highest BCUT2D eigenvalue weighted by Gasteiger charge is 2.29. The summed E-state index contributed by atoms with van der Waals surface area (Å²) in [6, 6.07) is 11.0. The SMILES string of the molecule is CC1CN(C(=O)c2ccc(S(=O)(=O)/C(C#N)=C\c3cc(C(C)(C)C)c(O)c(C(C)(C)C)c3)cc2)CC(C)O1. The van der Waals surface area contributed by atoms with E-state index in [-0.39, 0.29) is 28.8 Å². The number of nitrogens with zero attached hydrogens (tertiary/aromatic N) is 2. The average Bonchev–Trinajstić information content (AvgIpc) is 2.80. The third-order valence-electron chi connectivity index (χ3n) is 6.56. The van der Waals surface area contributed by atoms with E-state index in [1.807, 2.05) is 61.5 Å². The van der Waals surface area contributed by atoms with Crippen molar-refractivity contribution >= 4 is 21.8 Å². The molecule has 204 valence electrons. The van der Waals surface area contributed by atoms with Crippen LogP contribution in [-0.2, 0) is 25.4 Å². The molecular formula is C30H38N2O5S. The van der Waals surface area contributed by atoms with Crippen LogP contribution >= 0.6 is 0 Å². The Morgan fingerprint density at radius 3 is 1.89 bits per heavy atom. The van der Waals surface area contributed by atoms with Gasteiger partial charge in [0.05, 0.1) is 17.1 Å². The van der Waals surface area contributed by atoms with Crippen LogP contribution in [0.15, 0.2) is 46.2 Å². The molecule has 8 heteroatoms. The minimum absolute atomic E-state index is 0.0727. The van der Waals surface area contributed by atoms with Gasteiger partial charge in [0.25, 0.3) is 5.91 Å². The number of hydrogen-bond donors (Lipinski definition) is 1. The fourth-order valence-corrected chi connectivity index (χ4v) is 5.79. The highest BCUT2D eigenvalue weighted by atomic mass is 32.2. The molecule has 2 aromatic rings. The summed E-state index contributed by atoms with van der Waals surface area (Å²) in [6.45, 7) is 16.5. The molecule has 1 N–H and O–H groups in total. The Labute approximate surface area is 226 Å². The van der Waals surface area contributed by atoms with Crippen molar-refractivity contribution in [3.05, 3.63) is 63.6 Å². The summed E-state index contributed by atoms with van der Waals surface area (Å²) < 4.78 is 32.5. The van der Waals surface area contributed by atoms with Crippen molar-refractivity contribution < 1.29 is 23.1 Å². The van der Waals surface area contributed by atoms with E-state index in [1.54, 1.807) is 17.0 Å². The number of nitriles is 1. The van der Waals surface area contributed by atoms with Gasteiger partial charge in [-0.25, -0.2) is 8.42 Å². The summed E-state index contributed by atoms with van der Waals surface area (Å²) in [5.74, 6) is -0.0201. The molecule has 0 aliphatic carbocycles. The Kier molecular flexibility index (Phi) is 8.16. The van der Waals surface area contributed by atoms with Gasteiger partial charge < -0.3 is 14.7 Å². The molecular weight excluding hydrogens is 500 g/mol. The zero-order valence-corrected chi connectivity index (χ0v) is 24.3. The molecule has 1 amide bonds. The maximum Gasteiger partial charge on any atom is 0.254 e. The summed E-state index contributed by atoms with van der Waals surface area (Å²) in [6.07, 6.45) is 1.18. The molecule has 3 rings (SSSR count). The number of allylic oxidation sites excluding steroid dienone is 1. The van der Waals surface area contributed by atoms with Crippen molar-refractivity contribution in [2.75, 3.05) is 13.1 Å². The first-order chi connectivity index (χ1) is 17.4. The molecule has 2 aromatic carbocycles. The average molecular weight is 539 g/mol. The monoisotopic (exact) mass is 538 g/mol. The molecule has 7 nitrogen and oxygen atoms in total. The molecule has 1 saturated heterocycles. The van der Waals surface area contributed by atoms with E-state index in [0.29, 0.717) is 35.3 Å². The van der Waals surface area contributed by atoms with Crippen LogP contribution < -0.4 is 0 Å². The Hall–Kier alpha value is -3.15. The van der Waals surface area contributed by atoms with E-state index in [0.717, 1.165) is 0 Å². The van der Waals surface area contributed by atoms with Crippen LogP contribution in [0.1, 0.15) is 82.4 Å². The fraction of sp³-hybridized carbons (Fsp3) is 0.467. The smallest absolute Gasteiger partial charge is 0.254 e. The number of amides is 1. The number of benzene rings is 2. The molecule has 0 saturated carbocycles. The van der Waals surface area contributed by atoms with E-state index < -0.39 is 25.6 Å². The fourth-order valence-electron chi connectivity index (χ4n) is 4.63. The van der Waals surface area contributed by atoms with Crippen LogP contribution in [0.4, 0.5) is 0 Å². The Morgan fingerprint density at radius 2 is 1.47 bits per heavy atom. The van der Waals surface area contributed by atoms with Crippen LogP contribution in [0.5, 0.6) is 5.75 Å². The second-order valence-electron chi connectivity index (χ2n) is 12.1. The first-order valence-corrected chi connectivity index (χ1v) is 14.2. The molecule has 1 aliphatic rings. The number of phenolic OH excluding ortho intramolecular Hbond substituents is 1. The standard InChI is InChI=1S/C30H38N2O5S/c1-19-17-32(18-20(2)37-19)28(34)22-9-11-23(12-10-22)38(35,36)24(16-31)13-21-14-25(29(3,4)5)27(33)26(15-21)30(6,7)8/h9-15,19-20,33H,17-18H2,1-8H3/b24-13-. The van der Waals surface area contributed by atoms with Gasteiger partial charge >= 0.3 is 0 Å². The lowest BCUT2D eigenvalue weighted by Crippen LogP contribution is -2.48. The zero-order valence-electron chi connectivity index (χ0n) is 23.5. The predicted molar refractivity (Wildman–Crippen MR) is 149 cm³/mol. The Balaban J connectivity index is 2.00. The van der Waals surface area contributed by atoms with E-state index in [1.165, 1.54) is 30.3 Å². The number of carbonyl (C=O) groups is 1. The molecule has 0 radical (unpaired) electrons. The van der Waals surface area contributed by atoms with Gasteiger partial charge in [0.15, 0.2) is 0 Å². The molecule has 38 heavy (non-hydrogen) atoms. The second-order valence-corrected chi connectivity index (χ2v) is 14.0. The molecule has 1 fully saturated rings. The first kappa shape index (κ1) is 29.4. The highest BCUT2D eigenvalue weighted by Crippen LogP contribution is 2.40. The van der Waals surface area contributed by atoms with Crippen molar-refractivity contribution in [1.29, 1.82) is 5.26 Å². The van der Waals surface area contributed by atoms with Gasteiger partial charge in [-0.3, -0.25) is 4.79 Å². The Bertz CT molecular complexity index is 1340. The number of phenols is 1. The van der Waals surface area contributed by atoms with Crippen LogP contribution in [-0.4, -0.2) is 49.6 Å². The maximum absolute atomic E-state index is 13.4. The van der Waals surface area contributed by atoms with Crippen molar-refractivity contribution in [2.45, 2.75) is 83.3 Å². The zero-order chi connectivity index (χ0) is 28.6. The Morgan fingerprint density at radius 1 is 1.00 bits per heavy atom. The summed E-state index contributed by atoms with van der Waals surface area (Å²) in [5, 5.41) is 20.8. The third-order valence-corrected chi connectivity index (χ3v) is 8.25. The van der Waals surface area contributed by atoms with E-state index in [9.17, 15) is 23.6 Å². The maximum atomic E-state index is 13.4. The first-order valence-electron chi connectivity index (χ1n) is 12.7. The number of sulfone groups is 1. The van der Waals surface area contributed by atoms with Crippen molar-refractivity contribution in [3.8, 4) is 11.8 Å². The summed E-state index contributed by atoms with van der Waals surface area (Å²) >= 11 is 0. The van der Waals surface area contributed by atoms with Crippen molar-refractivity contribution in [1.82, 2.24) is 4.90 Å².